The molecule has 0 unspecified atom stereocenters. The number of aryl methyl sites for hydroxylation is 1. The largest absolute Gasteiger partial charge is 0.467 e. The van der Waals surface area contributed by atoms with Crippen molar-refractivity contribution < 1.29 is 8.94 Å². The molecule has 0 saturated carbocycles. The van der Waals surface area contributed by atoms with Crippen molar-refractivity contribution in [2.45, 2.75) is 24.4 Å². The smallest absolute Gasteiger partial charge is 0.262 e. The van der Waals surface area contributed by atoms with Gasteiger partial charge in [-0.15, -0.1) is 0 Å². The lowest BCUT2D eigenvalue weighted by molar-refractivity contribution is 0.391. The molecule has 0 aliphatic heterocycles. The summed E-state index contributed by atoms with van der Waals surface area (Å²) >= 11 is 1.38. The van der Waals surface area contributed by atoms with Crippen LogP contribution in [0.15, 0.2) is 85.8 Å². The molecule has 154 valence electrons. The van der Waals surface area contributed by atoms with Gasteiger partial charge in [0.1, 0.15) is 5.76 Å². The van der Waals surface area contributed by atoms with Crippen LogP contribution in [0, 0.1) is 6.92 Å². The first-order chi connectivity index (χ1) is 15.2. The standard InChI is InChI=1S/C23H18N4O3S/c1-15-7-2-3-9-17(15)21-25-20(30-26-21)14-31-23-24-19-11-5-4-10-18(19)22(28)27(23)13-16-8-6-12-29-16/h2-12H,13-14H2,1H3. The molecule has 8 heteroatoms. The highest BCUT2D eigenvalue weighted by atomic mass is 32.2. The lowest BCUT2D eigenvalue weighted by Crippen LogP contribution is -2.23. The molecule has 3 heterocycles. The van der Waals surface area contributed by atoms with Gasteiger partial charge in [0.25, 0.3) is 5.56 Å². The molecule has 0 amide bonds. The molecule has 0 aliphatic rings. The number of aromatic nitrogens is 4. The minimum atomic E-state index is -0.115. The molecule has 31 heavy (non-hydrogen) atoms. The van der Waals surface area contributed by atoms with Gasteiger partial charge in [0.05, 0.1) is 29.5 Å². The Labute approximate surface area is 181 Å². The van der Waals surface area contributed by atoms with Crippen molar-refractivity contribution in [3.8, 4) is 11.4 Å². The van der Waals surface area contributed by atoms with Gasteiger partial charge < -0.3 is 8.94 Å². The molecule has 2 aromatic carbocycles. The lowest BCUT2D eigenvalue weighted by atomic mass is 10.1. The van der Waals surface area contributed by atoms with E-state index < -0.39 is 0 Å². The highest BCUT2D eigenvalue weighted by molar-refractivity contribution is 7.98. The number of rotatable bonds is 6. The molecule has 5 aromatic rings. The van der Waals surface area contributed by atoms with Crippen LogP contribution in [-0.4, -0.2) is 19.7 Å². The molecule has 0 aliphatic carbocycles. The van der Waals surface area contributed by atoms with Crippen LogP contribution in [0.5, 0.6) is 0 Å². The molecule has 0 radical (unpaired) electrons. The van der Waals surface area contributed by atoms with Crippen LogP contribution < -0.4 is 5.56 Å². The molecule has 0 spiro atoms. The highest BCUT2D eigenvalue weighted by Gasteiger charge is 2.16. The lowest BCUT2D eigenvalue weighted by Gasteiger charge is -2.11. The Morgan fingerprint density at radius 3 is 2.68 bits per heavy atom. The molecule has 0 bridgehead atoms. The zero-order valence-electron chi connectivity index (χ0n) is 16.7. The van der Waals surface area contributed by atoms with E-state index in [0.29, 0.717) is 45.8 Å². The zero-order chi connectivity index (χ0) is 21.2. The third kappa shape index (κ3) is 3.89. The molecular formula is C23H18N4O3S. The predicted molar refractivity (Wildman–Crippen MR) is 118 cm³/mol. The second-order valence-corrected chi connectivity index (χ2v) is 7.94. The molecule has 3 aromatic heterocycles. The third-order valence-corrected chi connectivity index (χ3v) is 5.86. The summed E-state index contributed by atoms with van der Waals surface area (Å²) in [6.45, 7) is 2.30. The van der Waals surface area contributed by atoms with Crippen molar-refractivity contribution in [2.75, 3.05) is 0 Å². The minimum absolute atomic E-state index is 0.115. The molecule has 0 atom stereocenters. The van der Waals surface area contributed by atoms with Crippen molar-refractivity contribution in [1.29, 1.82) is 0 Å². The number of hydrogen-bond acceptors (Lipinski definition) is 7. The highest BCUT2D eigenvalue weighted by Crippen LogP contribution is 2.25. The number of nitrogens with zero attached hydrogens (tertiary/aromatic N) is 4. The first-order valence-electron chi connectivity index (χ1n) is 9.72. The van der Waals surface area contributed by atoms with E-state index in [1.807, 2.05) is 55.5 Å². The van der Waals surface area contributed by atoms with E-state index >= 15 is 0 Å². The zero-order valence-corrected chi connectivity index (χ0v) is 17.5. The summed E-state index contributed by atoms with van der Waals surface area (Å²) in [7, 11) is 0. The van der Waals surface area contributed by atoms with E-state index in [9.17, 15) is 4.79 Å². The van der Waals surface area contributed by atoms with Crippen molar-refractivity contribution in [3.05, 3.63) is 94.5 Å². The molecule has 5 rings (SSSR count). The van der Waals surface area contributed by atoms with E-state index in [1.54, 1.807) is 23.0 Å². The van der Waals surface area contributed by atoms with Gasteiger partial charge in [-0.2, -0.15) is 4.98 Å². The quantitative estimate of drug-likeness (QED) is 0.285. The van der Waals surface area contributed by atoms with Gasteiger partial charge in [-0.3, -0.25) is 9.36 Å². The normalized spacial score (nSPS) is 11.3. The average Bonchev–Trinajstić information content (AvgIpc) is 3.47. The maximum absolute atomic E-state index is 13.1. The Morgan fingerprint density at radius 2 is 1.84 bits per heavy atom. The summed E-state index contributed by atoms with van der Waals surface area (Å²) < 4.78 is 12.5. The van der Waals surface area contributed by atoms with Gasteiger partial charge in [0.2, 0.25) is 11.7 Å². The van der Waals surface area contributed by atoms with Crippen molar-refractivity contribution in [2.24, 2.45) is 0 Å². The van der Waals surface area contributed by atoms with Crippen LogP contribution in [0.4, 0.5) is 0 Å². The van der Waals surface area contributed by atoms with E-state index in [2.05, 4.69) is 10.1 Å². The minimum Gasteiger partial charge on any atom is -0.467 e. The van der Waals surface area contributed by atoms with Gasteiger partial charge in [-0.25, -0.2) is 4.98 Å². The Bertz CT molecular complexity index is 1410. The summed E-state index contributed by atoms with van der Waals surface area (Å²) in [6.07, 6.45) is 1.59. The van der Waals surface area contributed by atoms with E-state index in [0.717, 1.165) is 11.1 Å². The summed E-state index contributed by atoms with van der Waals surface area (Å²) in [5, 5.41) is 5.24. The number of fused-ring (bicyclic) bond motifs is 1. The van der Waals surface area contributed by atoms with Gasteiger partial charge >= 0.3 is 0 Å². The van der Waals surface area contributed by atoms with Crippen LogP contribution in [0.3, 0.4) is 0 Å². The first-order valence-corrected chi connectivity index (χ1v) is 10.7. The van der Waals surface area contributed by atoms with E-state index in [-0.39, 0.29) is 5.56 Å². The van der Waals surface area contributed by atoms with Gasteiger partial charge in [0.15, 0.2) is 5.16 Å². The molecule has 7 nitrogen and oxygen atoms in total. The molecule has 0 saturated heterocycles. The number of para-hydroxylation sites is 1. The first kappa shape index (κ1) is 19.3. The summed E-state index contributed by atoms with van der Waals surface area (Å²) in [5.74, 6) is 2.09. The Balaban J connectivity index is 1.46. The maximum Gasteiger partial charge on any atom is 0.262 e. The topological polar surface area (TPSA) is 87.0 Å². The third-order valence-electron chi connectivity index (χ3n) is 4.90. The summed E-state index contributed by atoms with van der Waals surface area (Å²) in [5.41, 5.74) is 2.54. The van der Waals surface area contributed by atoms with Crippen LogP contribution >= 0.6 is 11.8 Å². The van der Waals surface area contributed by atoms with Gasteiger partial charge in [0, 0.05) is 5.56 Å². The van der Waals surface area contributed by atoms with Crippen molar-refractivity contribution >= 4 is 22.7 Å². The maximum atomic E-state index is 13.1. The van der Waals surface area contributed by atoms with Crippen LogP contribution in [0.25, 0.3) is 22.3 Å². The Hall–Kier alpha value is -3.65. The van der Waals surface area contributed by atoms with Crippen LogP contribution in [0.2, 0.25) is 0 Å². The number of benzene rings is 2. The monoisotopic (exact) mass is 430 g/mol. The van der Waals surface area contributed by atoms with Gasteiger partial charge in [-0.05, 0) is 36.8 Å². The van der Waals surface area contributed by atoms with E-state index in [4.69, 9.17) is 13.9 Å². The summed E-state index contributed by atoms with van der Waals surface area (Å²) in [4.78, 5) is 22.3. The van der Waals surface area contributed by atoms with Crippen LogP contribution in [0.1, 0.15) is 17.2 Å². The van der Waals surface area contributed by atoms with Crippen molar-refractivity contribution in [1.82, 2.24) is 19.7 Å². The Kier molecular flexibility index (Phi) is 5.13. The second-order valence-electron chi connectivity index (χ2n) is 7.00. The van der Waals surface area contributed by atoms with Crippen molar-refractivity contribution in [3.63, 3.8) is 0 Å². The fourth-order valence-electron chi connectivity index (χ4n) is 3.33. The van der Waals surface area contributed by atoms with Gasteiger partial charge in [-0.1, -0.05) is 53.3 Å². The second kappa shape index (κ2) is 8.23. The number of furan rings is 1. The number of hydrogen-bond donors (Lipinski definition) is 0. The fraction of sp³-hybridized carbons (Fsp3) is 0.130. The predicted octanol–water partition coefficient (Wildman–Crippen LogP) is 4.69. The fourth-order valence-corrected chi connectivity index (χ4v) is 4.16. The molecular weight excluding hydrogens is 412 g/mol. The number of thioether (sulfide) groups is 1. The Morgan fingerprint density at radius 1 is 1.00 bits per heavy atom. The summed E-state index contributed by atoms with van der Waals surface area (Å²) in [6, 6.07) is 18.8. The van der Waals surface area contributed by atoms with E-state index in [1.165, 1.54) is 11.8 Å². The molecule has 0 fully saturated rings. The average molecular weight is 430 g/mol. The molecule has 0 N–H and O–H groups in total. The van der Waals surface area contributed by atoms with Crippen LogP contribution in [-0.2, 0) is 12.3 Å². The SMILES string of the molecule is Cc1ccccc1-c1noc(CSc2nc3ccccc3c(=O)n2Cc2ccco2)n1.